The Morgan fingerprint density at radius 2 is 2.39 bits per heavy atom. The third-order valence-corrected chi connectivity index (χ3v) is 3.49. The molecular formula is C14H23N3O. The van der Waals surface area contributed by atoms with E-state index in [4.69, 9.17) is 4.74 Å². The Hall–Kier alpha value is -1.13. The van der Waals surface area contributed by atoms with Crippen molar-refractivity contribution < 1.29 is 4.74 Å². The maximum Gasteiger partial charge on any atom is 0.125 e. The number of rotatable bonds is 5. The zero-order chi connectivity index (χ0) is 12.8. The van der Waals surface area contributed by atoms with Crippen molar-refractivity contribution in [2.24, 2.45) is 5.92 Å². The maximum absolute atomic E-state index is 5.26. The molecule has 4 nitrogen and oxygen atoms in total. The van der Waals surface area contributed by atoms with Gasteiger partial charge in [-0.3, -0.25) is 4.90 Å². The van der Waals surface area contributed by atoms with E-state index < -0.39 is 0 Å². The van der Waals surface area contributed by atoms with Gasteiger partial charge < -0.3 is 10.1 Å². The van der Waals surface area contributed by atoms with Crippen LogP contribution in [-0.4, -0.2) is 43.7 Å². The molecule has 0 spiro atoms. The fourth-order valence-electron chi connectivity index (χ4n) is 2.59. The average Bonchev–Trinajstić information content (AvgIpc) is 2.40. The first-order valence-electron chi connectivity index (χ1n) is 6.66. The van der Waals surface area contributed by atoms with Gasteiger partial charge in [0.2, 0.25) is 0 Å². The van der Waals surface area contributed by atoms with Gasteiger partial charge >= 0.3 is 0 Å². The van der Waals surface area contributed by atoms with E-state index in [9.17, 15) is 0 Å². The van der Waals surface area contributed by atoms with Gasteiger partial charge in [-0.1, -0.05) is 6.07 Å². The van der Waals surface area contributed by atoms with Crippen molar-refractivity contribution in [3.8, 4) is 0 Å². The predicted molar refractivity (Wildman–Crippen MR) is 73.7 cm³/mol. The lowest BCUT2D eigenvalue weighted by Gasteiger charge is -2.32. The maximum atomic E-state index is 5.26. The Kier molecular flexibility index (Phi) is 4.96. The topological polar surface area (TPSA) is 37.4 Å². The van der Waals surface area contributed by atoms with Gasteiger partial charge in [0.05, 0.1) is 6.61 Å². The first-order chi connectivity index (χ1) is 8.81. The lowest BCUT2D eigenvalue weighted by molar-refractivity contribution is 0.0873. The standard InChI is InChI=1S/C14H23N3O/c1-15-14-6-5-12(8-16-14)9-17-7-3-4-13(10-17)11-18-2/h5-6,8,13H,3-4,7,9-11H2,1-2H3,(H,15,16). The molecule has 2 rings (SSSR count). The normalized spacial score (nSPS) is 20.9. The summed E-state index contributed by atoms with van der Waals surface area (Å²) in [6.07, 6.45) is 4.53. The minimum Gasteiger partial charge on any atom is -0.384 e. The lowest BCUT2D eigenvalue weighted by Crippen LogP contribution is -2.36. The van der Waals surface area contributed by atoms with Crippen molar-refractivity contribution in [2.45, 2.75) is 19.4 Å². The van der Waals surface area contributed by atoms with E-state index in [0.717, 1.165) is 25.5 Å². The minimum absolute atomic E-state index is 0.688. The summed E-state index contributed by atoms with van der Waals surface area (Å²) < 4.78 is 5.26. The van der Waals surface area contributed by atoms with Gasteiger partial charge in [-0.2, -0.15) is 0 Å². The Morgan fingerprint density at radius 1 is 1.50 bits per heavy atom. The van der Waals surface area contributed by atoms with Crippen molar-refractivity contribution in [3.63, 3.8) is 0 Å². The summed E-state index contributed by atoms with van der Waals surface area (Å²) in [7, 11) is 3.68. The largest absolute Gasteiger partial charge is 0.384 e. The van der Waals surface area contributed by atoms with Crippen LogP contribution in [0.1, 0.15) is 18.4 Å². The molecule has 0 saturated carbocycles. The number of anilines is 1. The number of piperidine rings is 1. The fraction of sp³-hybridized carbons (Fsp3) is 0.643. The number of likely N-dealkylation sites (tertiary alicyclic amines) is 1. The molecule has 1 aromatic rings. The Balaban J connectivity index is 1.87. The van der Waals surface area contributed by atoms with Crippen molar-refractivity contribution >= 4 is 5.82 Å². The second kappa shape index (κ2) is 6.71. The van der Waals surface area contributed by atoms with E-state index in [2.05, 4.69) is 21.3 Å². The molecule has 0 aromatic carbocycles. The Labute approximate surface area is 109 Å². The lowest BCUT2D eigenvalue weighted by atomic mass is 9.98. The van der Waals surface area contributed by atoms with E-state index in [0.29, 0.717) is 5.92 Å². The van der Waals surface area contributed by atoms with Gasteiger partial charge in [-0.05, 0) is 36.9 Å². The summed E-state index contributed by atoms with van der Waals surface area (Å²) in [5.41, 5.74) is 1.28. The van der Waals surface area contributed by atoms with E-state index in [1.54, 1.807) is 7.11 Å². The highest BCUT2D eigenvalue weighted by Gasteiger charge is 2.19. The van der Waals surface area contributed by atoms with Crippen molar-refractivity contribution in [2.75, 3.05) is 39.2 Å². The van der Waals surface area contributed by atoms with Gasteiger partial charge in [-0.25, -0.2) is 4.98 Å². The molecule has 100 valence electrons. The molecule has 1 saturated heterocycles. The van der Waals surface area contributed by atoms with Gasteiger partial charge in [0.25, 0.3) is 0 Å². The third kappa shape index (κ3) is 3.68. The van der Waals surface area contributed by atoms with E-state index in [1.807, 2.05) is 19.3 Å². The van der Waals surface area contributed by atoms with Crippen LogP contribution in [-0.2, 0) is 11.3 Å². The average molecular weight is 249 g/mol. The summed E-state index contributed by atoms with van der Waals surface area (Å²) in [5.74, 6) is 1.61. The van der Waals surface area contributed by atoms with Gasteiger partial charge in [0, 0.05) is 33.4 Å². The Morgan fingerprint density at radius 3 is 3.06 bits per heavy atom. The molecule has 1 fully saturated rings. The number of hydrogen-bond donors (Lipinski definition) is 1. The number of nitrogens with zero attached hydrogens (tertiary/aromatic N) is 2. The Bertz CT molecular complexity index is 351. The molecule has 1 unspecified atom stereocenters. The summed E-state index contributed by atoms with van der Waals surface area (Å²) in [6, 6.07) is 4.19. The van der Waals surface area contributed by atoms with Crippen LogP contribution in [0.15, 0.2) is 18.3 Å². The molecule has 1 atom stereocenters. The predicted octanol–water partition coefficient (Wildman–Crippen LogP) is 1.98. The van der Waals surface area contributed by atoms with Crippen molar-refractivity contribution in [3.05, 3.63) is 23.9 Å². The molecular weight excluding hydrogens is 226 g/mol. The number of pyridine rings is 1. The number of ether oxygens (including phenoxy) is 1. The summed E-state index contributed by atoms with van der Waals surface area (Å²) in [4.78, 5) is 6.86. The zero-order valence-electron chi connectivity index (χ0n) is 11.4. The van der Waals surface area contributed by atoms with Crippen LogP contribution < -0.4 is 5.32 Å². The first-order valence-corrected chi connectivity index (χ1v) is 6.66. The number of hydrogen-bond acceptors (Lipinski definition) is 4. The minimum atomic E-state index is 0.688. The molecule has 2 heterocycles. The summed E-state index contributed by atoms with van der Waals surface area (Å²) in [6.45, 7) is 4.21. The van der Waals surface area contributed by atoms with E-state index in [-0.39, 0.29) is 0 Å². The van der Waals surface area contributed by atoms with Crippen LogP contribution >= 0.6 is 0 Å². The van der Waals surface area contributed by atoms with E-state index >= 15 is 0 Å². The van der Waals surface area contributed by atoms with Gasteiger partial charge in [-0.15, -0.1) is 0 Å². The molecule has 0 amide bonds. The quantitative estimate of drug-likeness (QED) is 0.866. The SMILES string of the molecule is CNc1ccc(CN2CCCC(COC)C2)cn1. The molecule has 18 heavy (non-hydrogen) atoms. The second-order valence-corrected chi connectivity index (χ2v) is 5.00. The molecule has 0 aliphatic carbocycles. The molecule has 0 radical (unpaired) electrons. The second-order valence-electron chi connectivity index (χ2n) is 5.00. The van der Waals surface area contributed by atoms with Crippen LogP contribution in [0.5, 0.6) is 0 Å². The van der Waals surface area contributed by atoms with Crippen molar-refractivity contribution in [1.29, 1.82) is 0 Å². The number of nitrogens with one attached hydrogen (secondary N) is 1. The molecule has 1 aliphatic heterocycles. The van der Waals surface area contributed by atoms with Gasteiger partial charge in [0.15, 0.2) is 0 Å². The highest BCUT2D eigenvalue weighted by molar-refractivity contribution is 5.34. The van der Waals surface area contributed by atoms with Crippen LogP contribution in [0.3, 0.4) is 0 Å². The number of aromatic nitrogens is 1. The van der Waals surface area contributed by atoms with Crippen molar-refractivity contribution in [1.82, 2.24) is 9.88 Å². The van der Waals surface area contributed by atoms with Crippen LogP contribution in [0.25, 0.3) is 0 Å². The zero-order valence-corrected chi connectivity index (χ0v) is 11.4. The molecule has 1 aliphatic rings. The monoisotopic (exact) mass is 249 g/mol. The third-order valence-electron chi connectivity index (χ3n) is 3.49. The smallest absolute Gasteiger partial charge is 0.125 e. The first kappa shape index (κ1) is 13.3. The molecule has 1 aromatic heterocycles. The highest BCUT2D eigenvalue weighted by atomic mass is 16.5. The molecule has 0 bridgehead atoms. The number of methoxy groups -OCH3 is 1. The molecule has 1 N–H and O–H groups in total. The van der Waals surface area contributed by atoms with Crippen LogP contribution in [0, 0.1) is 5.92 Å². The summed E-state index contributed by atoms with van der Waals surface area (Å²) >= 11 is 0. The summed E-state index contributed by atoms with van der Waals surface area (Å²) in [5, 5.41) is 3.04. The fourth-order valence-corrected chi connectivity index (χ4v) is 2.59. The highest BCUT2D eigenvalue weighted by Crippen LogP contribution is 2.18. The van der Waals surface area contributed by atoms with Crippen LogP contribution in [0.2, 0.25) is 0 Å². The van der Waals surface area contributed by atoms with Gasteiger partial charge in [0.1, 0.15) is 5.82 Å². The van der Waals surface area contributed by atoms with Crippen LogP contribution in [0.4, 0.5) is 5.82 Å². The molecule has 4 heteroatoms. The van der Waals surface area contributed by atoms with E-state index in [1.165, 1.54) is 24.9 Å².